The van der Waals surface area contributed by atoms with Gasteiger partial charge in [-0.1, -0.05) is 18.2 Å². The number of aryl methyl sites for hydroxylation is 3. The minimum atomic E-state index is 0.655. The maximum absolute atomic E-state index is 6.34. The highest BCUT2D eigenvalue weighted by Crippen LogP contribution is 2.38. The Kier molecular flexibility index (Phi) is 3.35. The van der Waals surface area contributed by atoms with Crippen molar-refractivity contribution in [3.05, 3.63) is 47.9 Å². The van der Waals surface area contributed by atoms with E-state index in [1.54, 1.807) is 17.1 Å². The van der Waals surface area contributed by atoms with Crippen LogP contribution < -0.4 is 5.73 Å². The summed E-state index contributed by atoms with van der Waals surface area (Å²) in [5, 5.41) is 8.95. The predicted octanol–water partition coefficient (Wildman–Crippen LogP) is 3.23. The lowest BCUT2D eigenvalue weighted by Gasteiger charge is -2.13. The van der Waals surface area contributed by atoms with Gasteiger partial charge in [-0.25, -0.2) is 0 Å². The second-order valence-corrected chi connectivity index (χ2v) is 6.41. The molecule has 0 aliphatic carbocycles. The predicted molar refractivity (Wildman–Crippen MR) is 100 cm³/mol. The summed E-state index contributed by atoms with van der Waals surface area (Å²) < 4.78 is 3.62. The molecule has 0 aliphatic heterocycles. The van der Waals surface area contributed by atoms with Gasteiger partial charge in [0, 0.05) is 31.4 Å². The molecule has 4 rings (SSSR count). The Hall–Kier alpha value is -3.15. The fraction of sp³-hybridized carbons (Fsp3) is 0.211. The molecule has 1 aromatic carbocycles. The van der Waals surface area contributed by atoms with Crippen LogP contribution in [-0.4, -0.2) is 24.5 Å². The van der Waals surface area contributed by atoms with E-state index < -0.39 is 0 Å². The minimum absolute atomic E-state index is 0.655. The van der Waals surface area contributed by atoms with E-state index in [1.807, 2.05) is 25.0 Å². The van der Waals surface area contributed by atoms with Crippen LogP contribution in [0, 0.1) is 13.8 Å². The van der Waals surface area contributed by atoms with Crippen molar-refractivity contribution in [3.63, 3.8) is 0 Å². The van der Waals surface area contributed by atoms with Crippen molar-refractivity contribution in [2.75, 3.05) is 5.73 Å². The first kappa shape index (κ1) is 15.4. The second kappa shape index (κ2) is 5.44. The fourth-order valence-electron chi connectivity index (χ4n) is 3.29. The Morgan fingerprint density at radius 3 is 2.60 bits per heavy atom. The Morgan fingerprint density at radius 1 is 1.08 bits per heavy atom. The third kappa shape index (κ3) is 2.29. The van der Waals surface area contributed by atoms with Crippen molar-refractivity contribution in [2.45, 2.75) is 13.8 Å². The van der Waals surface area contributed by atoms with Crippen LogP contribution >= 0.6 is 0 Å². The van der Waals surface area contributed by atoms with Gasteiger partial charge in [-0.05, 0) is 30.5 Å². The zero-order chi connectivity index (χ0) is 17.7. The van der Waals surface area contributed by atoms with Crippen LogP contribution in [0.3, 0.4) is 0 Å². The minimum Gasteiger partial charge on any atom is -0.397 e. The van der Waals surface area contributed by atoms with Gasteiger partial charge < -0.3 is 5.73 Å². The molecule has 4 aromatic rings. The van der Waals surface area contributed by atoms with Gasteiger partial charge in [0.05, 0.1) is 23.6 Å². The molecule has 0 spiro atoms. The normalized spacial score (nSPS) is 11.4. The molecule has 3 aromatic heterocycles. The van der Waals surface area contributed by atoms with Crippen LogP contribution in [0.15, 0.2) is 36.8 Å². The molecule has 0 bridgehead atoms. The topological polar surface area (TPSA) is 74.6 Å². The zero-order valence-electron chi connectivity index (χ0n) is 14.8. The van der Waals surface area contributed by atoms with Crippen molar-refractivity contribution < 1.29 is 0 Å². The number of nitrogens with two attached hydrogens (primary N) is 1. The van der Waals surface area contributed by atoms with Gasteiger partial charge in [-0.15, -0.1) is 0 Å². The number of nitrogen functional groups attached to an aromatic ring is 1. The third-order valence-corrected chi connectivity index (χ3v) is 4.73. The lowest BCUT2D eigenvalue weighted by molar-refractivity contribution is 0.767. The maximum Gasteiger partial charge on any atom is 0.122 e. The van der Waals surface area contributed by atoms with Crippen LogP contribution in [0.2, 0.25) is 0 Å². The molecule has 0 radical (unpaired) electrons. The number of benzene rings is 1. The molecule has 0 saturated carbocycles. The summed E-state index contributed by atoms with van der Waals surface area (Å²) in [4.78, 5) is 4.58. The van der Waals surface area contributed by atoms with Gasteiger partial charge in [0.25, 0.3) is 0 Å². The molecule has 0 aliphatic rings. The van der Waals surface area contributed by atoms with Crippen LogP contribution in [0.5, 0.6) is 0 Å². The van der Waals surface area contributed by atoms with Gasteiger partial charge in [0.1, 0.15) is 11.2 Å². The first-order valence-corrected chi connectivity index (χ1v) is 8.14. The lowest BCUT2D eigenvalue weighted by atomic mass is 9.95. The van der Waals surface area contributed by atoms with E-state index in [2.05, 4.69) is 42.1 Å². The van der Waals surface area contributed by atoms with E-state index in [0.29, 0.717) is 5.69 Å². The van der Waals surface area contributed by atoms with Crippen LogP contribution in [-0.2, 0) is 14.1 Å². The smallest absolute Gasteiger partial charge is 0.122 e. The molecule has 126 valence electrons. The summed E-state index contributed by atoms with van der Waals surface area (Å²) in [6.45, 7) is 4.23. The first-order valence-electron chi connectivity index (χ1n) is 8.14. The number of hydrogen-bond donors (Lipinski definition) is 1. The number of fused-ring (bicyclic) bond motifs is 1. The molecule has 6 nitrogen and oxygen atoms in total. The highest BCUT2D eigenvalue weighted by molar-refractivity contribution is 6.03. The van der Waals surface area contributed by atoms with Gasteiger partial charge in [-0.2, -0.15) is 10.2 Å². The van der Waals surface area contributed by atoms with E-state index in [1.165, 1.54) is 11.1 Å². The summed E-state index contributed by atoms with van der Waals surface area (Å²) in [5.41, 5.74) is 15.1. The average molecular weight is 332 g/mol. The molecule has 0 unspecified atom stereocenters. The van der Waals surface area contributed by atoms with Crippen molar-refractivity contribution >= 4 is 16.7 Å². The summed E-state index contributed by atoms with van der Waals surface area (Å²) in [7, 11) is 3.82. The number of aromatic nitrogens is 5. The quantitative estimate of drug-likeness (QED) is 0.611. The summed E-state index contributed by atoms with van der Waals surface area (Å²) >= 11 is 0. The van der Waals surface area contributed by atoms with E-state index in [4.69, 9.17) is 10.8 Å². The molecule has 0 amide bonds. The zero-order valence-corrected chi connectivity index (χ0v) is 14.8. The van der Waals surface area contributed by atoms with Crippen LogP contribution in [0.4, 0.5) is 5.69 Å². The van der Waals surface area contributed by atoms with Crippen molar-refractivity contribution in [1.29, 1.82) is 0 Å². The first-order chi connectivity index (χ1) is 12.0. The standard InChI is InChI=1S/C19H20N6/c1-11-6-5-7-14(12(11)2)16-15(20)9-21-18-17(23-25(4)19(16)18)13-8-22-24(3)10-13/h5-10H,20H2,1-4H3. The Labute approximate surface area is 145 Å². The molecule has 0 atom stereocenters. The summed E-state index contributed by atoms with van der Waals surface area (Å²) in [6.07, 6.45) is 5.47. The Balaban J connectivity index is 2.08. The molecule has 2 N–H and O–H groups in total. The number of anilines is 1. The van der Waals surface area contributed by atoms with Crippen LogP contribution in [0.25, 0.3) is 33.4 Å². The highest BCUT2D eigenvalue weighted by atomic mass is 15.3. The number of rotatable bonds is 2. The SMILES string of the molecule is Cc1cccc(-c2c(N)cnc3c(-c4cnn(C)c4)nn(C)c23)c1C. The van der Waals surface area contributed by atoms with Gasteiger partial charge in [0.2, 0.25) is 0 Å². The largest absolute Gasteiger partial charge is 0.397 e. The summed E-state index contributed by atoms with van der Waals surface area (Å²) in [6, 6.07) is 6.27. The Bertz CT molecular complexity index is 1100. The number of hydrogen-bond acceptors (Lipinski definition) is 4. The maximum atomic E-state index is 6.34. The average Bonchev–Trinajstić information content (AvgIpc) is 3.15. The molecular formula is C19H20N6. The van der Waals surface area contributed by atoms with E-state index in [-0.39, 0.29) is 0 Å². The second-order valence-electron chi connectivity index (χ2n) is 6.41. The van der Waals surface area contributed by atoms with Gasteiger partial charge in [0.15, 0.2) is 0 Å². The van der Waals surface area contributed by atoms with Gasteiger partial charge in [-0.3, -0.25) is 14.3 Å². The molecular weight excluding hydrogens is 312 g/mol. The Morgan fingerprint density at radius 2 is 1.88 bits per heavy atom. The molecule has 0 fully saturated rings. The van der Waals surface area contributed by atoms with Crippen LogP contribution in [0.1, 0.15) is 11.1 Å². The van der Waals surface area contributed by atoms with E-state index >= 15 is 0 Å². The molecule has 0 saturated heterocycles. The van der Waals surface area contributed by atoms with Crippen molar-refractivity contribution in [2.24, 2.45) is 14.1 Å². The van der Waals surface area contributed by atoms with E-state index in [9.17, 15) is 0 Å². The third-order valence-electron chi connectivity index (χ3n) is 4.73. The fourth-order valence-corrected chi connectivity index (χ4v) is 3.29. The highest BCUT2D eigenvalue weighted by Gasteiger charge is 2.20. The monoisotopic (exact) mass is 332 g/mol. The van der Waals surface area contributed by atoms with E-state index in [0.717, 1.165) is 33.4 Å². The summed E-state index contributed by atoms with van der Waals surface area (Å²) in [5.74, 6) is 0. The number of pyridine rings is 1. The lowest BCUT2D eigenvalue weighted by Crippen LogP contribution is -1.99. The molecule has 3 heterocycles. The van der Waals surface area contributed by atoms with Crippen molar-refractivity contribution in [1.82, 2.24) is 24.5 Å². The molecule has 25 heavy (non-hydrogen) atoms. The van der Waals surface area contributed by atoms with Gasteiger partial charge >= 0.3 is 0 Å². The van der Waals surface area contributed by atoms with Crippen molar-refractivity contribution in [3.8, 4) is 22.4 Å². The number of nitrogens with zero attached hydrogens (tertiary/aromatic N) is 5. The molecule has 6 heteroatoms.